The van der Waals surface area contributed by atoms with Gasteiger partial charge in [-0.15, -0.1) is 5.10 Å². The van der Waals surface area contributed by atoms with Crippen LogP contribution in [-0.4, -0.2) is 48.1 Å². The summed E-state index contributed by atoms with van der Waals surface area (Å²) in [5.74, 6) is 0.854. The Morgan fingerprint density at radius 3 is 2.69 bits per heavy atom. The number of nitrogens with two attached hydrogens (primary N) is 1. The van der Waals surface area contributed by atoms with Gasteiger partial charge in [-0.1, -0.05) is 11.6 Å². The van der Waals surface area contributed by atoms with Crippen molar-refractivity contribution in [2.24, 2.45) is 0 Å². The molecule has 0 saturated carbocycles. The largest absolute Gasteiger partial charge is 0.383 e. The Hall–Kier alpha value is -3.30. The zero-order chi connectivity index (χ0) is 22.2. The van der Waals surface area contributed by atoms with Crippen molar-refractivity contribution in [1.29, 1.82) is 0 Å². The normalized spacial score (nSPS) is 14.7. The third kappa shape index (κ3) is 3.74. The average molecular weight is 450 g/mol. The standard InChI is InChI=1S/C22H24ClN9/c1-13-7-18(9-20(23)14(13)2)32-22(28-29-30-32)19-8-15(10-26-21(19)24)16-11-27-31(12-16)17-3-5-25-6-4-17/h7-12,17,25H,3-6H2,1-2H3,(H2,24,26). The molecule has 32 heavy (non-hydrogen) atoms. The molecule has 3 aromatic heterocycles. The molecule has 0 radical (unpaired) electrons. The predicted octanol–water partition coefficient (Wildman–Crippen LogP) is 3.36. The van der Waals surface area contributed by atoms with E-state index < -0.39 is 0 Å². The quantitative estimate of drug-likeness (QED) is 0.491. The second-order valence-corrected chi connectivity index (χ2v) is 8.54. The molecule has 0 unspecified atom stereocenters. The Morgan fingerprint density at radius 2 is 1.91 bits per heavy atom. The monoisotopic (exact) mass is 449 g/mol. The average Bonchev–Trinajstić information content (AvgIpc) is 3.48. The first-order chi connectivity index (χ1) is 15.5. The van der Waals surface area contributed by atoms with Gasteiger partial charge in [0.2, 0.25) is 0 Å². The van der Waals surface area contributed by atoms with E-state index in [0.717, 1.165) is 53.9 Å². The van der Waals surface area contributed by atoms with Gasteiger partial charge in [0, 0.05) is 28.5 Å². The molecule has 0 atom stereocenters. The molecule has 164 valence electrons. The number of nitrogen functional groups attached to an aromatic ring is 1. The first-order valence-corrected chi connectivity index (χ1v) is 11.0. The topological polar surface area (TPSA) is 112 Å². The van der Waals surface area contributed by atoms with Crippen LogP contribution < -0.4 is 11.1 Å². The zero-order valence-electron chi connectivity index (χ0n) is 18.0. The number of aromatic nitrogens is 7. The highest BCUT2D eigenvalue weighted by Crippen LogP contribution is 2.31. The summed E-state index contributed by atoms with van der Waals surface area (Å²) in [6, 6.07) is 6.21. The van der Waals surface area contributed by atoms with Crippen LogP contribution in [0.5, 0.6) is 0 Å². The molecule has 9 nitrogen and oxygen atoms in total. The van der Waals surface area contributed by atoms with Gasteiger partial charge in [-0.2, -0.15) is 9.78 Å². The lowest BCUT2D eigenvalue weighted by atomic mass is 10.1. The van der Waals surface area contributed by atoms with E-state index in [2.05, 4.69) is 37.1 Å². The van der Waals surface area contributed by atoms with E-state index in [1.807, 2.05) is 42.9 Å². The van der Waals surface area contributed by atoms with Crippen LogP contribution in [0.4, 0.5) is 5.82 Å². The van der Waals surface area contributed by atoms with Crippen LogP contribution in [0.25, 0.3) is 28.2 Å². The molecule has 10 heteroatoms. The predicted molar refractivity (Wildman–Crippen MR) is 124 cm³/mol. The van der Waals surface area contributed by atoms with Gasteiger partial charge in [0.1, 0.15) is 5.82 Å². The molecule has 4 aromatic rings. The van der Waals surface area contributed by atoms with Crippen LogP contribution in [0.2, 0.25) is 5.02 Å². The Balaban J connectivity index is 1.53. The van der Waals surface area contributed by atoms with Gasteiger partial charge in [0.25, 0.3) is 0 Å². The van der Waals surface area contributed by atoms with Crippen molar-refractivity contribution in [2.75, 3.05) is 18.8 Å². The first kappa shape index (κ1) is 20.6. The van der Waals surface area contributed by atoms with E-state index in [1.54, 1.807) is 10.9 Å². The summed E-state index contributed by atoms with van der Waals surface area (Å²) < 4.78 is 3.68. The summed E-state index contributed by atoms with van der Waals surface area (Å²) in [6.45, 7) is 6.01. The minimum atomic E-state index is 0.352. The molecule has 1 aromatic carbocycles. The van der Waals surface area contributed by atoms with E-state index in [0.29, 0.717) is 28.3 Å². The minimum absolute atomic E-state index is 0.352. The lowest BCUT2D eigenvalue weighted by molar-refractivity contribution is 0.343. The summed E-state index contributed by atoms with van der Waals surface area (Å²) in [7, 11) is 0. The summed E-state index contributed by atoms with van der Waals surface area (Å²) in [5.41, 5.74) is 11.6. The van der Waals surface area contributed by atoms with Crippen molar-refractivity contribution in [1.82, 2.24) is 40.3 Å². The second-order valence-electron chi connectivity index (χ2n) is 8.13. The summed E-state index contributed by atoms with van der Waals surface area (Å²) in [6.07, 6.45) is 7.83. The first-order valence-electron chi connectivity index (χ1n) is 10.6. The third-order valence-corrected chi connectivity index (χ3v) is 6.47. The van der Waals surface area contributed by atoms with E-state index in [1.165, 1.54) is 0 Å². The molecule has 5 rings (SSSR count). The number of piperidine rings is 1. The van der Waals surface area contributed by atoms with Crippen LogP contribution in [0.3, 0.4) is 0 Å². The number of nitrogens with one attached hydrogen (secondary N) is 1. The van der Waals surface area contributed by atoms with Crippen molar-refractivity contribution >= 4 is 17.4 Å². The van der Waals surface area contributed by atoms with Crippen LogP contribution in [0.1, 0.15) is 30.0 Å². The SMILES string of the molecule is Cc1cc(-n2nnnc2-c2cc(-c3cnn(C4CCNCC4)c3)cnc2N)cc(Cl)c1C. The third-order valence-electron chi connectivity index (χ3n) is 6.08. The number of pyridine rings is 1. The number of aryl methyl sites for hydroxylation is 1. The van der Waals surface area contributed by atoms with Gasteiger partial charge < -0.3 is 11.1 Å². The number of anilines is 1. The van der Waals surface area contributed by atoms with Gasteiger partial charge in [0.05, 0.1) is 23.5 Å². The number of tetrazole rings is 1. The molecule has 0 amide bonds. The van der Waals surface area contributed by atoms with Gasteiger partial charge in [-0.3, -0.25) is 4.68 Å². The fourth-order valence-corrected chi connectivity index (χ4v) is 4.28. The van der Waals surface area contributed by atoms with Gasteiger partial charge >= 0.3 is 0 Å². The maximum absolute atomic E-state index is 6.41. The molecule has 0 spiro atoms. The number of nitrogens with zero attached hydrogens (tertiary/aromatic N) is 7. The minimum Gasteiger partial charge on any atom is -0.383 e. The van der Waals surface area contributed by atoms with E-state index >= 15 is 0 Å². The molecule has 0 bridgehead atoms. The highest BCUT2D eigenvalue weighted by Gasteiger charge is 2.19. The fourth-order valence-electron chi connectivity index (χ4n) is 4.02. The summed E-state index contributed by atoms with van der Waals surface area (Å²) >= 11 is 6.41. The van der Waals surface area contributed by atoms with Crippen molar-refractivity contribution in [3.63, 3.8) is 0 Å². The maximum atomic E-state index is 6.41. The molecule has 1 aliphatic rings. The van der Waals surface area contributed by atoms with Crippen LogP contribution in [0, 0.1) is 13.8 Å². The van der Waals surface area contributed by atoms with Crippen LogP contribution >= 0.6 is 11.6 Å². The molecule has 1 aliphatic heterocycles. The number of halogens is 1. The van der Waals surface area contributed by atoms with Crippen LogP contribution in [0.15, 0.2) is 36.8 Å². The van der Waals surface area contributed by atoms with Gasteiger partial charge in [0.15, 0.2) is 5.82 Å². The molecule has 4 heterocycles. The molecule has 1 fully saturated rings. The lowest BCUT2D eigenvalue weighted by Crippen LogP contribution is -2.29. The van der Waals surface area contributed by atoms with Crippen molar-refractivity contribution < 1.29 is 0 Å². The Kier molecular flexibility index (Phi) is 5.36. The van der Waals surface area contributed by atoms with E-state index in [4.69, 9.17) is 17.3 Å². The Labute approximate surface area is 190 Å². The number of hydrogen-bond acceptors (Lipinski definition) is 7. The highest BCUT2D eigenvalue weighted by molar-refractivity contribution is 6.31. The Morgan fingerprint density at radius 1 is 1.09 bits per heavy atom. The van der Waals surface area contributed by atoms with E-state index in [-0.39, 0.29) is 0 Å². The molecule has 1 saturated heterocycles. The van der Waals surface area contributed by atoms with Gasteiger partial charge in [-0.25, -0.2) is 4.98 Å². The zero-order valence-corrected chi connectivity index (χ0v) is 18.7. The summed E-state index contributed by atoms with van der Waals surface area (Å²) in [4.78, 5) is 4.41. The number of hydrogen-bond donors (Lipinski definition) is 2. The molecular formula is C22H24ClN9. The molecular weight excluding hydrogens is 426 g/mol. The summed E-state index contributed by atoms with van der Waals surface area (Å²) in [5, 5.41) is 20.9. The highest BCUT2D eigenvalue weighted by atomic mass is 35.5. The van der Waals surface area contributed by atoms with Gasteiger partial charge in [-0.05, 0) is 79.5 Å². The number of benzene rings is 1. The van der Waals surface area contributed by atoms with Crippen molar-refractivity contribution in [3.05, 3.63) is 52.9 Å². The Bertz CT molecular complexity index is 1250. The second kappa shape index (κ2) is 8.33. The fraction of sp³-hybridized carbons (Fsp3) is 0.318. The van der Waals surface area contributed by atoms with Crippen molar-refractivity contribution in [2.45, 2.75) is 32.7 Å². The van der Waals surface area contributed by atoms with Crippen molar-refractivity contribution in [3.8, 4) is 28.2 Å². The molecule has 0 aliphatic carbocycles. The number of rotatable bonds is 4. The smallest absolute Gasteiger partial charge is 0.190 e. The maximum Gasteiger partial charge on any atom is 0.190 e. The van der Waals surface area contributed by atoms with E-state index in [9.17, 15) is 0 Å². The van der Waals surface area contributed by atoms with Crippen LogP contribution in [-0.2, 0) is 0 Å². The molecule has 3 N–H and O–H groups in total. The lowest BCUT2D eigenvalue weighted by Gasteiger charge is -2.22.